The van der Waals surface area contributed by atoms with Crippen molar-refractivity contribution < 1.29 is 19.1 Å². The van der Waals surface area contributed by atoms with Crippen molar-refractivity contribution in [2.24, 2.45) is 0 Å². The van der Waals surface area contributed by atoms with Gasteiger partial charge in [-0.05, 0) is 58.0 Å². The highest BCUT2D eigenvalue weighted by Gasteiger charge is 2.19. The maximum atomic E-state index is 12.6. The summed E-state index contributed by atoms with van der Waals surface area (Å²) in [6, 6.07) is 9.83. The monoisotopic (exact) mass is 346 g/mol. The first kappa shape index (κ1) is 18.0. The number of ether oxygens (including phenoxy) is 2. The summed E-state index contributed by atoms with van der Waals surface area (Å²) in [5.74, 6) is -0.199. The highest BCUT2D eigenvalue weighted by molar-refractivity contribution is 6.31. The van der Waals surface area contributed by atoms with E-state index in [-0.39, 0.29) is 23.2 Å². The van der Waals surface area contributed by atoms with E-state index >= 15 is 0 Å². The smallest absolute Gasteiger partial charge is 0.347 e. The number of esters is 1. The van der Waals surface area contributed by atoms with Crippen LogP contribution in [0.2, 0.25) is 5.02 Å². The van der Waals surface area contributed by atoms with Crippen LogP contribution in [0.25, 0.3) is 0 Å². The minimum Gasteiger partial charge on any atom is -0.490 e. The molecule has 0 spiro atoms. The predicted molar refractivity (Wildman–Crippen MR) is 93.4 cm³/mol. The first-order valence-electron chi connectivity index (χ1n) is 7.58. The minimum absolute atomic E-state index is 0.107. The summed E-state index contributed by atoms with van der Waals surface area (Å²) in [5.41, 5.74) is 1.48. The number of aryl methyl sites for hydroxylation is 1. The van der Waals surface area contributed by atoms with Crippen LogP contribution >= 0.6 is 11.6 Å². The van der Waals surface area contributed by atoms with Gasteiger partial charge in [0, 0.05) is 5.02 Å². The number of halogens is 1. The summed E-state index contributed by atoms with van der Waals surface area (Å²) in [6.07, 6.45) is -0.107. The highest BCUT2D eigenvalue weighted by atomic mass is 35.5. The van der Waals surface area contributed by atoms with Crippen LogP contribution in [0, 0.1) is 6.92 Å². The third-order valence-electron chi connectivity index (χ3n) is 3.24. The fourth-order valence-electron chi connectivity index (χ4n) is 2.18. The lowest BCUT2D eigenvalue weighted by Gasteiger charge is -2.15. The molecular formula is C19H19ClO4. The van der Waals surface area contributed by atoms with Gasteiger partial charge in [0.15, 0.2) is 5.78 Å². The van der Waals surface area contributed by atoms with Crippen molar-refractivity contribution in [3.05, 3.63) is 58.1 Å². The predicted octanol–water partition coefficient (Wildman–Crippen LogP) is 4.86. The average Bonchev–Trinajstić information content (AvgIpc) is 2.50. The summed E-state index contributed by atoms with van der Waals surface area (Å²) in [5, 5.41) is 0.397. The van der Waals surface area contributed by atoms with Crippen LogP contribution in [0.5, 0.6) is 11.5 Å². The molecule has 0 fully saturated rings. The van der Waals surface area contributed by atoms with Gasteiger partial charge >= 0.3 is 5.97 Å². The Morgan fingerprint density at radius 2 is 1.67 bits per heavy atom. The molecule has 0 bridgehead atoms. The van der Waals surface area contributed by atoms with Crippen LogP contribution in [0.4, 0.5) is 0 Å². The zero-order chi connectivity index (χ0) is 17.9. The Hall–Kier alpha value is -2.33. The number of carbonyl (C=O) groups is 2. The molecule has 0 atom stereocenters. The molecule has 0 N–H and O–H groups in total. The van der Waals surface area contributed by atoms with Crippen molar-refractivity contribution in [3.8, 4) is 11.5 Å². The van der Waals surface area contributed by atoms with Gasteiger partial charge in [-0.1, -0.05) is 23.2 Å². The average molecular weight is 347 g/mol. The van der Waals surface area contributed by atoms with Gasteiger partial charge in [0.1, 0.15) is 17.1 Å². The highest BCUT2D eigenvalue weighted by Crippen LogP contribution is 2.27. The van der Waals surface area contributed by atoms with Gasteiger partial charge in [0.2, 0.25) is 0 Å². The standard InChI is InChI=1S/C19H19ClO4/c1-11(2)23-18-8-6-14(20)10-16(18)19(22)24-17-7-5-12(3)9-15(17)13(4)21/h5-11H,1-4H3. The molecule has 2 rings (SSSR count). The number of rotatable bonds is 5. The first-order valence-corrected chi connectivity index (χ1v) is 7.95. The number of hydrogen-bond acceptors (Lipinski definition) is 4. The molecule has 24 heavy (non-hydrogen) atoms. The van der Waals surface area contributed by atoms with E-state index in [1.807, 2.05) is 20.8 Å². The van der Waals surface area contributed by atoms with E-state index in [0.717, 1.165) is 5.56 Å². The molecule has 0 radical (unpaired) electrons. The van der Waals surface area contributed by atoms with Gasteiger partial charge in [-0.15, -0.1) is 0 Å². The second-order valence-corrected chi connectivity index (χ2v) is 6.19. The Balaban J connectivity index is 2.37. The SMILES string of the molecule is CC(=O)c1cc(C)ccc1OC(=O)c1cc(Cl)ccc1OC(C)C. The molecule has 0 amide bonds. The van der Waals surface area contributed by atoms with E-state index in [4.69, 9.17) is 21.1 Å². The molecule has 4 nitrogen and oxygen atoms in total. The van der Waals surface area contributed by atoms with Gasteiger partial charge in [-0.3, -0.25) is 4.79 Å². The zero-order valence-electron chi connectivity index (χ0n) is 14.1. The largest absolute Gasteiger partial charge is 0.490 e. The molecule has 2 aromatic carbocycles. The lowest BCUT2D eigenvalue weighted by atomic mass is 10.1. The van der Waals surface area contributed by atoms with E-state index in [1.54, 1.807) is 30.3 Å². The lowest BCUT2D eigenvalue weighted by molar-refractivity contribution is 0.0726. The molecule has 0 aliphatic rings. The first-order chi connectivity index (χ1) is 11.3. The van der Waals surface area contributed by atoms with Crippen molar-refractivity contribution in [1.29, 1.82) is 0 Å². The molecule has 0 saturated carbocycles. The van der Waals surface area contributed by atoms with Crippen molar-refractivity contribution in [3.63, 3.8) is 0 Å². The second kappa shape index (κ2) is 7.49. The van der Waals surface area contributed by atoms with E-state index in [0.29, 0.717) is 16.3 Å². The maximum Gasteiger partial charge on any atom is 0.347 e. The molecule has 5 heteroatoms. The summed E-state index contributed by atoms with van der Waals surface area (Å²) in [7, 11) is 0. The fraction of sp³-hybridized carbons (Fsp3) is 0.263. The number of Topliss-reactive ketones (excluding diaryl/α,β-unsaturated/α-hetero) is 1. The summed E-state index contributed by atoms with van der Waals surface area (Å²) in [6.45, 7) is 7.01. The number of benzene rings is 2. The van der Waals surface area contributed by atoms with Gasteiger partial charge in [0.25, 0.3) is 0 Å². The summed E-state index contributed by atoms with van der Waals surface area (Å²) >= 11 is 5.99. The zero-order valence-corrected chi connectivity index (χ0v) is 14.8. The van der Waals surface area contributed by atoms with E-state index in [1.165, 1.54) is 13.0 Å². The van der Waals surface area contributed by atoms with E-state index < -0.39 is 5.97 Å². The van der Waals surface area contributed by atoms with Crippen molar-refractivity contribution in [2.45, 2.75) is 33.8 Å². The third kappa shape index (κ3) is 4.36. The van der Waals surface area contributed by atoms with Crippen LogP contribution < -0.4 is 9.47 Å². The quantitative estimate of drug-likeness (QED) is 0.441. The van der Waals surface area contributed by atoms with Crippen LogP contribution in [0.15, 0.2) is 36.4 Å². The molecule has 0 unspecified atom stereocenters. The van der Waals surface area contributed by atoms with Gasteiger partial charge in [0.05, 0.1) is 11.7 Å². The molecule has 0 saturated heterocycles. The second-order valence-electron chi connectivity index (χ2n) is 5.75. The molecule has 0 heterocycles. The molecule has 0 aromatic heterocycles. The van der Waals surface area contributed by atoms with Gasteiger partial charge in [-0.25, -0.2) is 4.79 Å². The molecule has 126 valence electrons. The summed E-state index contributed by atoms with van der Waals surface area (Å²) in [4.78, 5) is 24.3. The fourth-order valence-corrected chi connectivity index (χ4v) is 2.35. The number of hydrogen-bond donors (Lipinski definition) is 0. The van der Waals surface area contributed by atoms with Crippen LogP contribution in [0.3, 0.4) is 0 Å². The Bertz CT molecular complexity index is 781. The molecule has 0 aliphatic heterocycles. The Kier molecular flexibility index (Phi) is 5.62. The number of carbonyl (C=O) groups excluding carboxylic acids is 2. The van der Waals surface area contributed by atoms with Crippen molar-refractivity contribution >= 4 is 23.4 Å². The maximum absolute atomic E-state index is 12.6. The van der Waals surface area contributed by atoms with Gasteiger partial charge in [-0.2, -0.15) is 0 Å². The van der Waals surface area contributed by atoms with Crippen molar-refractivity contribution in [2.75, 3.05) is 0 Å². The van der Waals surface area contributed by atoms with Crippen LogP contribution in [-0.2, 0) is 0 Å². The van der Waals surface area contributed by atoms with Gasteiger partial charge < -0.3 is 9.47 Å². The number of ketones is 1. The third-order valence-corrected chi connectivity index (χ3v) is 3.48. The Morgan fingerprint density at radius 3 is 2.29 bits per heavy atom. The van der Waals surface area contributed by atoms with Crippen molar-refractivity contribution in [1.82, 2.24) is 0 Å². The molecule has 0 aliphatic carbocycles. The van der Waals surface area contributed by atoms with Crippen LogP contribution in [-0.4, -0.2) is 17.9 Å². The normalized spacial score (nSPS) is 10.6. The summed E-state index contributed by atoms with van der Waals surface area (Å²) < 4.78 is 11.1. The molecule has 2 aromatic rings. The van der Waals surface area contributed by atoms with E-state index in [2.05, 4.69) is 0 Å². The van der Waals surface area contributed by atoms with E-state index in [9.17, 15) is 9.59 Å². The Labute approximate surface area is 146 Å². The minimum atomic E-state index is -0.625. The van der Waals surface area contributed by atoms with Crippen LogP contribution in [0.1, 0.15) is 47.1 Å². The lowest BCUT2D eigenvalue weighted by Crippen LogP contribution is -2.15. The molecular weight excluding hydrogens is 328 g/mol. The topological polar surface area (TPSA) is 52.6 Å². The Morgan fingerprint density at radius 1 is 1.00 bits per heavy atom.